The lowest BCUT2D eigenvalue weighted by molar-refractivity contribution is 0.881. The lowest BCUT2D eigenvalue weighted by Gasteiger charge is -2.13. The first-order chi connectivity index (χ1) is 7.52. The molecule has 1 aromatic rings. The van der Waals surface area contributed by atoms with Crippen LogP contribution < -0.4 is 11.1 Å². The van der Waals surface area contributed by atoms with E-state index in [2.05, 4.69) is 28.5 Å². The van der Waals surface area contributed by atoms with Crippen molar-refractivity contribution >= 4 is 34.9 Å². The number of thiocarbonyl (C=S) groups is 1. The van der Waals surface area contributed by atoms with Gasteiger partial charge in [0.25, 0.3) is 0 Å². The van der Waals surface area contributed by atoms with Gasteiger partial charge in [0.2, 0.25) is 5.95 Å². The van der Waals surface area contributed by atoms with E-state index in [1.54, 1.807) is 17.8 Å². The molecule has 0 bridgehead atoms. The van der Waals surface area contributed by atoms with Crippen LogP contribution in [0.3, 0.4) is 0 Å². The quantitative estimate of drug-likeness (QED) is 0.780. The zero-order valence-corrected chi connectivity index (χ0v) is 11.3. The van der Waals surface area contributed by atoms with E-state index in [-0.39, 0.29) is 0 Å². The molecule has 0 aliphatic carbocycles. The Bertz CT molecular complexity index is 381. The standard InChI is InChI=1S/C10H16N4S2/c1-6-4-8(9(11)15)14-10(12-6)13-7(2)5-16-3/h4,7H,5H2,1-3H3,(H2,11,15)(H,12,13,14). The van der Waals surface area contributed by atoms with E-state index in [9.17, 15) is 0 Å². The molecule has 4 nitrogen and oxygen atoms in total. The maximum absolute atomic E-state index is 5.55. The number of nitrogens with one attached hydrogen (secondary N) is 1. The summed E-state index contributed by atoms with van der Waals surface area (Å²) in [6, 6.07) is 2.10. The Morgan fingerprint density at radius 1 is 1.62 bits per heavy atom. The molecule has 0 radical (unpaired) electrons. The number of nitrogens with two attached hydrogens (primary N) is 1. The van der Waals surface area contributed by atoms with Crippen LogP contribution in [0.2, 0.25) is 0 Å². The van der Waals surface area contributed by atoms with Crippen molar-refractivity contribution in [2.75, 3.05) is 17.3 Å². The van der Waals surface area contributed by atoms with Crippen LogP contribution in [0.4, 0.5) is 5.95 Å². The highest BCUT2D eigenvalue weighted by Crippen LogP contribution is 2.08. The SMILES string of the molecule is CSCC(C)Nc1nc(C)cc(C(N)=S)n1. The molecule has 1 unspecified atom stereocenters. The van der Waals surface area contributed by atoms with Crippen molar-refractivity contribution < 1.29 is 0 Å². The molecule has 6 heteroatoms. The highest BCUT2D eigenvalue weighted by atomic mass is 32.2. The number of rotatable bonds is 5. The van der Waals surface area contributed by atoms with Gasteiger partial charge in [0.05, 0.1) is 0 Å². The summed E-state index contributed by atoms with van der Waals surface area (Å²) in [5.41, 5.74) is 7.02. The first kappa shape index (κ1) is 13.2. The molecule has 0 saturated carbocycles. The van der Waals surface area contributed by atoms with Gasteiger partial charge >= 0.3 is 0 Å². The number of thioether (sulfide) groups is 1. The van der Waals surface area contributed by atoms with Crippen molar-refractivity contribution in [2.45, 2.75) is 19.9 Å². The second kappa shape index (κ2) is 6.00. The van der Waals surface area contributed by atoms with Gasteiger partial charge in [0.1, 0.15) is 10.7 Å². The van der Waals surface area contributed by atoms with Crippen LogP contribution in [0.5, 0.6) is 0 Å². The minimum atomic E-state index is 0.297. The van der Waals surface area contributed by atoms with Gasteiger partial charge in [0, 0.05) is 17.5 Å². The molecule has 1 aromatic heterocycles. The lowest BCUT2D eigenvalue weighted by Crippen LogP contribution is -2.21. The average Bonchev–Trinajstić information content (AvgIpc) is 2.16. The van der Waals surface area contributed by atoms with E-state index >= 15 is 0 Å². The number of anilines is 1. The van der Waals surface area contributed by atoms with E-state index < -0.39 is 0 Å². The Labute approximate surface area is 105 Å². The Kier molecular flexibility index (Phi) is 4.95. The molecule has 0 aliphatic rings. The maximum atomic E-state index is 5.55. The van der Waals surface area contributed by atoms with Crippen molar-refractivity contribution in [2.24, 2.45) is 5.73 Å². The molecule has 1 heterocycles. The monoisotopic (exact) mass is 256 g/mol. The van der Waals surface area contributed by atoms with Gasteiger partial charge in [-0.1, -0.05) is 12.2 Å². The molecule has 0 aliphatic heterocycles. The normalized spacial score (nSPS) is 12.2. The van der Waals surface area contributed by atoms with Gasteiger partial charge in [0.15, 0.2) is 0 Å². The maximum Gasteiger partial charge on any atom is 0.223 e. The first-order valence-corrected chi connectivity index (χ1v) is 6.74. The zero-order chi connectivity index (χ0) is 12.1. The van der Waals surface area contributed by atoms with Gasteiger partial charge in [-0.15, -0.1) is 0 Å². The molecular formula is C10H16N4S2. The van der Waals surface area contributed by atoms with Crippen molar-refractivity contribution in [3.8, 4) is 0 Å². The third-order valence-electron chi connectivity index (χ3n) is 1.90. The Morgan fingerprint density at radius 3 is 2.88 bits per heavy atom. The summed E-state index contributed by atoms with van der Waals surface area (Å²) in [5, 5.41) is 3.22. The summed E-state index contributed by atoms with van der Waals surface area (Å²) < 4.78 is 0. The third kappa shape index (κ3) is 3.94. The Morgan fingerprint density at radius 2 is 2.31 bits per heavy atom. The van der Waals surface area contributed by atoms with E-state index in [4.69, 9.17) is 18.0 Å². The summed E-state index contributed by atoms with van der Waals surface area (Å²) in [6.07, 6.45) is 2.07. The largest absolute Gasteiger partial charge is 0.388 e. The zero-order valence-electron chi connectivity index (χ0n) is 9.65. The van der Waals surface area contributed by atoms with Crippen molar-refractivity contribution in [3.63, 3.8) is 0 Å². The van der Waals surface area contributed by atoms with Crippen molar-refractivity contribution in [1.29, 1.82) is 0 Å². The Balaban J connectivity index is 2.84. The minimum Gasteiger partial charge on any atom is -0.388 e. The topological polar surface area (TPSA) is 63.8 Å². The van der Waals surface area contributed by atoms with Crippen molar-refractivity contribution in [1.82, 2.24) is 9.97 Å². The third-order valence-corrected chi connectivity index (χ3v) is 2.94. The molecule has 0 saturated heterocycles. The van der Waals surface area contributed by atoms with Crippen molar-refractivity contribution in [3.05, 3.63) is 17.5 Å². The number of aromatic nitrogens is 2. The van der Waals surface area contributed by atoms with Gasteiger partial charge in [-0.3, -0.25) is 0 Å². The second-order valence-corrected chi connectivity index (χ2v) is 4.93. The summed E-state index contributed by atoms with van der Waals surface area (Å²) in [4.78, 5) is 8.85. The lowest BCUT2D eigenvalue weighted by atomic mass is 10.3. The number of hydrogen-bond donors (Lipinski definition) is 2. The van der Waals surface area contributed by atoms with E-state index in [1.807, 2.05) is 6.92 Å². The molecule has 0 amide bonds. The molecular weight excluding hydrogens is 240 g/mol. The van der Waals surface area contributed by atoms with Crippen LogP contribution in [-0.4, -0.2) is 33.0 Å². The summed E-state index contributed by atoms with van der Waals surface area (Å²) >= 11 is 6.68. The fraction of sp³-hybridized carbons (Fsp3) is 0.500. The van der Waals surface area contributed by atoms with Crippen LogP contribution in [0.25, 0.3) is 0 Å². The van der Waals surface area contributed by atoms with E-state index in [0.29, 0.717) is 22.7 Å². The first-order valence-electron chi connectivity index (χ1n) is 4.94. The van der Waals surface area contributed by atoms with Gasteiger partial charge in [-0.2, -0.15) is 11.8 Å². The van der Waals surface area contributed by atoms with Crippen LogP contribution >= 0.6 is 24.0 Å². The summed E-state index contributed by atoms with van der Waals surface area (Å²) in [5.74, 6) is 1.59. The summed E-state index contributed by atoms with van der Waals surface area (Å²) in [6.45, 7) is 3.98. The number of nitrogens with zero attached hydrogens (tertiary/aromatic N) is 2. The number of hydrogen-bond acceptors (Lipinski definition) is 5. The highest BCUT2D eigenvalue weighted by molar-refractivity contribution is 7.98. The van der Waals surface area contributed by atoms with Crippen LogP contribution in [-0.2, 0) is 0 Å². The number of aryl methyl sites for hydroxylation is 1. The molecule has 0 aromatic carbocycles. The van der Waals surface area contributed by atoms with Gasteiger partial charge in [-0.25, -0.2) is 9.97 Å². The van der Waals surface area contributed by atoms with Crippen LogP contribution in [0, 0.1) is 6.92 Å². The Hall–Kier alpha value is -0.880. The fourth-order valence-corrected chi connectivity index (χ4v) is 1.96. The molecule has 1 rings (SSSR count). The van der Waals surface area contributed by atoms with Crippen LogP contribution in [0.1, 0.15) is 18.3 Å². The van der Waals surface area contributed by atoms with E-state index in [0.717, 1.165) is 11.4 Å². The highest BCUT2D eigenvalue weighted by Gasteiger charge is 2.07. The predicted octanol–water partition coefficient (Wildman–Crippen LogP) is 1.58. The average molecular weight is 256 g/mol. The smallest absolute Gasteiger partial charge is 0.223 e. The van der Waals surface area contributed by atoms with Gasteiger partial charge in [-0.05, 0) is 26.2 Å². The fourth-order valence-electron chi connectivity index (χ4n) is 1.27. The molecule has 1 atom stereocenters. The molecule has 3 N–H and O–H groups in total. The molecule has 0 spiro atoms. The van der Waals surface area contributed by atoms with Gasteiger partial charge < -0.3 is 11.1 Å². The summed E-state index contributed by atoms with van der Waals surface area (Å²) in [7, 11) is 0. The minimum absolute atomic E-state index is 0.297. The predicted molar refractivity (Wildman–Crippen MR) is 74.1 cm³/mol. The second-order valence-electron chi connectivity index (χ2n) is 3.58. The molecule has 16 heavy (non-hydrogen) atoms. The van der Waals surface area contributed by atoms with Crippen LogP contribution in [0.15, 0.2) is 6.07 Å². The van der Waals surface area contributed by atoms with E-state index in [1.165, 1.54) is 0 Å². The molecule has 0 fully saturated rings. The molecule has 88 valence electrons.